The molecule has 0 fully saturated rings. The predicted molar refractivity (Wildman–Crippen MR) is 88.8 cm³/mol. The van der Waals surface area contributed by atoms with E-state index in [0.717, 1.165) is 17.9 Å². The number of halogens is 1. The zero-order chi connectivity index (χ0) is 15.1. The van der Waals surface area contributed by atoms with Crippen LogP contribution < -0.4 is 5.32 Å². The van der Waals surface area contributed by atoms with E-state index in [1.54, 1.807) is 0 Å². The van der Waals surface area contributed by atoms with Crippen LogP contribution in [0.25, 0.3) is 0 Å². The summed E-state index contributed by atoms with van der Waals surface area (Å²) in [4.78, 5) is 0. The molecule has 0 radical (unpaired) electrons. The lowest BCUT2D eigenvalue weighted by Crippen LogP contribution is -2.41. The van der Waals surface area contributed by atoms with Gasteiger partial charge in [-0.1, -0.05) is 54.1 Å². The van der Waals surface area contributed by atoms with Crippen LogP contribution in [0.1, 0.15) is 18.1 Å². The van der Waals surface area contributed by atoms with Gasteiger partial charge in [0.1, 0.15) is 0 Å². The van der Waals surface area contributed by atoms with Crippen LogP contribution in [0.2, 0.25) is 5.02 Å². The second kappa shape index (κ2) is 8.18. The maximum atomic E-state index is 9.56. The summed E-state index contributed by atoms with van der Waals surface area (Å²) >= 11 is 5.90. The van der Waals surface area contributed by atoms with Gasteiger partial charge in [0.2, 0.25) is 0 Å². The Bertz CT molecular complexity index is 527. The zero-order valence-electron chi connectivity index (χ0n) is 12.3. The Hall–Kier alpha value is -1.35. The lowest BCUT2D eigenvalue weighted by atomic mass is 10.0. The minimum atomic E-state index is 0.0784. The number of rotatable bonds is 7. The van der Waals surface area contributed by atoms with Crippen LogP contribution in [0, 0.1) is 0 Å². The molecule has 0 aliphatic carbocycles. The van der Waals surface area contributed by atoms with Crippen molar-refractivity contribution in [2.75, 3.05) is 6.61 Å². The van der Waals surface area contributed by atoms with E-state index in [4.69, 9.17) is 11.6 Å². The summed E-state index contributed by atoms with van der Waals surface area (Å²) in [6, 6.07) is 18.5. The highest BCUT2D eigenvalue weighted by Crippen LogP contribution is 2.11. The fraction of sp³-hybridized carbons (Fsp3) is 0.333. The van der Waals surface area contributed by atoms with Gasteiger partial charge in [-0.15, -0.1) is 0 Å². The summed E-state index contributed by atoms with van der Waals surface area (Å²) in [7, 11) is 0. The first-order valence-electron chi connectivity index (χ1n) is 7.32. The first-order chi connectivity index (χ1) is 10.2. The Morgan fingerprint density at radius 3 is 2.19 bits per heavy atom. The molecule has 0 saturated carbocycles. The van der Waals surface area contributed by atoms with E-state index in [2.05, 4.69) is 24.4 Å². The zero-order valence-corrected chi connectivity index (χ0v) is 13.1. The quantitative estimate of drug-likeness (QED) is 0.821. The third-order valence-electron chi connectivity index (χ3n) is 3.52. The maximum Gasteiger partial charge on any atom is 0.0587 e. The SMILES string of the molecule is CC(Cc1ccc(Cl)cc1)NC(CO)Cc1ccccc1. The molecule has 2 nitrogen and oxygen atoms in total. The third kappa shape index (κ3) is 5.50. The van der Waals surface area contributed by atoms with Gasteiger partial charge in [-0.2, -0.15) is 0 Å². The van der Waals surface area contributed by atoms with Gasteiger partial charge in [0.25, 0.3) is 0 Å². The lowest BCUT2D eigenvalue weighted by molar-refractivity contribution is 0.232. The van der Waals surface area contributed by atoms with Crippen LogP contribution in [0.5, 0.6) is 0 Å². The van der Waals surface area contributed by atoms with Gasteiger partial charge in [0.15, 0.2) is 0 Å². The molecule has 2 N–H and O–H groups in total. The first-order valence-corrected chi connectivity index (χ1v) is 7.70. The van der Waals surface area contributed by atoms with Crippen molar-refractivity contribution in [1.82, 2.24) is 5.32 Å². The van der Waals surface area contributed by atoms with Gasteiger partial charge in [0, 0.05) is 17.1 Å². The Labute approximate surface area is 131 Å². The lowest BCUT2D eigenvalue weighted by Gasteiger charge is -2.22. The van der Waals surface area contributed by atoms with Gasteiger partial charge in [-0.05, 0) is 43.0 Å². The molecule has 2 aromatic carbocycles. The van der Waals surface area contributed by atoms with Crippen molar-refractivity contribution in [2.45, 2.75) is 31.8 Å². The molecular weight excluding hydrogens is 282 g/mol. The number of aliphatic hydroxyl groups is 1. The molecule has 21 heavy (non-hydrogen) atoms. The topological polar surface area (TPSA) is 32.3 Å². The van der Waals surface area contributed by atoms with Crippen LogP contribution in [0.3, 0.4) is 0 Å². The molecule has 0 bridgehead atoms. The molecule has 3 heteroatoms. The molecule has 0 amide bonds. The molecule has 2 unspecified atom stereocenters. The Balaban J connectivity index is 1.87. The number of aliphatic hydroxyl groups excluding tert-OH is 1. The second-order valence-electron chi connectivity index (χ2n) is 5.47. The summed E-state index contributed by atoms with van der Waals surface area (Å²) in [6.07, 6.45) is 1.75. The highest BCUT2D eigenvalue weighted by molar-refractivity contribution is 6.30. The maximum absolute atomic E-state index is 9.56. The van der Waals surface area contributed by atoms with E-state index in [9.17, 15) is 5.11 Å². The molecule has 2 rings (SSSR count). The van der Waals surface area contributed by atoms with Crippen LogP contribution in [0.4, 0.5) is 0 Å². The van der Waals surface area contributed by atoms with Crippen molar-refractivity contribution in [2.24, 2.45) is 0 Å². The van der Waals surface area contributed by atoms with Crippen molar-refractivity contribution < 1.29 is 5.11 Å². The van der Waals surface area contributed by atoms with Gasteiger partial charge in [-0.25, -0.2) is 0 Å². The average molecular weight is 304 g/mol. The number of benzene rings is 2. The third-order valence-corrected chi connectivity index (χ3v) is 3.77. The fourth-order valence-corrected chi connectivity index (χ4v) is 2.64. The van der Waals surface area contributed by atoms with Crippen LogP contribution >= 0.6 is 11.6 Å². The molecule has 0 aliphatic rings. The van der Waals surface area contributed by atoms with Gasteiger partial charge >= 0.3 is 0 Å². The molecule has 112 valence electrons. The van der Waals surface area contributed by atoms with Gasteiger partial charge in [-0.3, -0.25) is 0 Å². The highest BCUT2D eigenvalue weighted by Gasteiger charge is 2.12. The van der Waals surface area contributed by atoms with E-state index in [1.807, 2.05) is 42.5 Å². The summed E-state index contributed by atoms with van der Waals surface area (Å²) < 4.78 is 0. The van der Waals surface area contributed by atoms with Crippen molar-refractivity contribution >= 4 is 11.6 Å². The Morgan fingerprint density at radius 2 is 1.57 bits per heavy atom. The van der Waals surface area contributed by atoms with Crippen molar-refractivity contribution in [1.29, 1.82) is 0 Å². The van der Waals surface area contributed by atoms with Crippen molar-refractivity contribution in [3.63, 3.8) is 0 Å². The van der Waals surface area contributed by atoms with Gasteiger partial charge < -0.3 is 10.4 Å². The molecule has 0 aliphatic heterocycles. The fourth-order valence-electron chi connectivity index (χ4n) is 2.51. The molecule has 2 aromatic rings. The summed E-state index contributed by atoms with van der Waals surface area (Å²) in [5, 5.41) is 13.8. The van der Waals surface area contributed by atoms with Crippen molar-refractivity contribution in [3.05, 3.63) is 70.7 Å². The minimum absolute atomic E-state index is 0.0784. The summed E-state index contributed by atoms with van der Waals surface area (Å²) in [5.41, 5.74) is 2.48. The van der Waals surface area contributed by atoms with E-state index in [1.165, 1.54) is 11.1 Å². The summed E-state index contributed by atoms with van der Waals surface area (Å²) in [5.74, 6) is 0. The highest BCUT2D eigenvalue weighted by atomic mass is 35.5. The largest absolute Gasteiger partial charge is 0.395 e. The van der Waals surface area contributed by atoms with E-state index in [0.29, 0.717) is 6.04 Å². The molecule has 2 atom stereocenters. The normalized spacial score (nSPS) is 13.9. The second-order valence-corrected chi connectivity index (χ2v) is 5.90. The van der Waals surface area contributed by atoms with E-state index in [-0.39, 0.29) is 12.6 Å². The number of nitrogens with one attached hydrogen (secondary N) is 1. The minimum Gasteiger partial charge on any atom is -0.395 e. The van der Waals surface area contributed by atoms with Crippen LogP contribution in [-0.4, -0.2) is 23.8 Å². The molecule has 0 heterocycles. The molecule has 0 aromatic heterocycles. The monoisotopic (exact) mass is 303 g/mol. The number of hydrogen-bond acceptors (Lipinski definition) is 2. The smallest absolute Gasteiger partial charge is 0.0587 e. The average Bonchev–Trinajstić information content (AvgIpc) is 2.50. The molecule has 0 spiro atoms. The molecular formula is C18H22ClNO. The Kier molecular flexibility index (Phi) is 6.24. The van der Waals surface area contributed by atoms with Crippen LogP contribution in [0.15, 0.2) is 54.6 Å². The standard InChI is InChI=1S/C18H22ClNO/c1-14(11-16-7-9-17(19)10-8-16)20-18(13-21)12-15-5-3-2-4-6-15/h2-10,14,18,20-21H,11-13H2,1H3. The van der Waals surface area contributed by atoms with Gasteiger partial charge in [0.05, 0.1) is 6.61 Å². The van der Waals surface area contributed by atoms with Crippen molar-refractivity contribution in [3.8, 4) is 0 Å². The Morgan fingerprint density at radius 1 is 0.952 bits per heavy atom. The van der Waals surface area contributed by atoms with Crippen LogP contribution in [-0.2, 0) is 12.8 Å². The van der Waals surface area contributed by atoms with E-state index < -0.39 is 0 Å². The molecule has 0 saturated heterocycles. The number of hydrogen-bond donors (Lipinski definition) is 2. The summed E-state index contributed by atoms with van der Waals surface area (Å²) in [6.45, 7) is 2.28. The van der Waals surface area contributed by atoms with E-state index >= 15 is 0 Å². The predicted octanol–water partition coefficient (Wildman–Crippen LogP) is 3.46. The first kappa shape index (κ1) is 16.0.